The molecule has 0 bridgehead atoms. The molecule has 4 aromatic carbocycles. The van der Waals surface area contributed by atoms with E-state index in [1.54, 1.807) is 0 Å². The zero-order valence-corrected chi connectivity index (χ0v) is 13.0. The van der Waals surface area contributed by atoms with Crippen molar-refractivity contribution in [3.05, 3.63) is 83.9 Å². The summed E-state index contributed by atoms with van der Waals surface area (Å²) >= 11 is 0. The molecule has 1 nitrogen and oxygen atoms in total. The van der Waals surface area contributed by atoms with Gasteiger partial charge in [0.05, 0.1) is 0 Å². The molecule has 0 N–H and O–H groups in total. The quantitative estimate of drug-likeness (QED) is 0.320. The first kappa shape index (κ1) is 12.4. The lowest BCUT2D eigenvalue weighted by atomic mass is 9.94. The van der Waals surface area contributed by atoms with Gasteiger partial charge in [0.15, 0.2) is 0 Å². The molecule has 1 heterocycles. The summed E-state index contributed by atoms with van der Waals surface area (Å²) in [4.78, 5) is 0. The second-order valence-electron chi connectivity index (χ2n) is 6.54. The molecule has 0 unspecified atom stereocenters. The van der Waals surface area contributed by atoms with Crippen LogP contribution in [-0.4, -0.2) is 0 Å². The van der Waals surface area contributed by atoms with Crippen molar-refractivity contribution in [2.75, 3.05) is 0 Å². The highest BCUT2D eigenvalue weighted by atomic mass is 16.3. The second-order valence-corrected chi connectivity index (χ2v) is 6.54. The van der Waals surface area contributed by atoms with Gasteiger partial charge >= 0.3 is 0 Å². The zero-order valence-electron chi connectivity index (χ0n) is 13.0. The van der Waals surface area contributed by atoms with Crippen molar-refractivity contribution in [1.82, 2.24) is 0 Å². The van der Waals surface area contributed by atoms with E-state index in [0.29, 0.717) is 0 Å². The lowest BCUT2D eigenvalue weighted by molar-refractivity contribution is 0.665. The van der Waals surface area contributed by atoms with Crippen LogP contribution >= 0.6 is 0 Å². The van der Waals surface area contributed by atoms with Gasteiger partial charge in [0, 0.05) is 22.8 Å². The third-order valence-electron chi connectivity index (χ3n) is 5.29. The Morgan fingerprint density at radius 2 is 1.38 bits per heavy atom. The third-order valence-corrected chi connectivity index (χ3v) is 5.29. The van der Waals surface area contributed by atoms with Crippen LogP contribution in [0.15, 0.2) is 77.2 Å². The van der Waals surface area contributed by atoms with Crippen molar-refractivity contribution < 1.29 is 4.42 Å². The van der Waals surface area contributed by atoms with Crippen LogP contribution in [-0.2, 0) is 6.42 Å². The second kappa shape index (κ2) is 4.27. The molecule has 1 aromatic heterocycles. The first-order valence-electron chi connectivity index (χ1n) is 8.35. The summed E-state index contributed by atoms with van der Waals surface area (Å²) in [6.07, 6.45) is 0.951. The molecule has 0 radical (unpaired) electrons. The Hall–Kier alpha value is -3.06. The lowest BCUT2D eigenvalue weighted by Gasteiger charge is -2.08. The van der Waals surface area contributed by atoms with Crippen LogP contribution in [0.5, 0.6) is 0 Å². The maximum atomic E-state index is 6.33. The Balaban J connectivity index is 1.94. The van der Waals surface area contributed by atoms with Gasteiger partial charge in [-0.15, -0.1) is 0 Å². The van der Waals surface area contributed by atoms with Crippen molar-refractivity contribution in [2.45, 2.75) is 6.42 Å². The number of fused-ring (bicyclic) bond motifs is 10. The average molecular weight is 306 g/mol. The Bertz CT molecular complexity index is 1270. The minimum atomic E-state index is 0.951. The largest absolute Gasteiger partial charge is 0.456 e. The predicted molar refractivity (Wildman–Crippen MR) is 99.5 cm³/mol. The zero-order chi connectivity index (χ0) is 15.7. The molecule has 1 heteroatoms. The van der Waals surface area contributed by atoms with Crippen LogP contribution < -0.4 is 0 Å². The minimum Gasteiger partial charge on any atom is -0.456 e. The van der Waals surface area contributed by atoms with Crippen molar-refractivity contribution in [3.63, 3.8) is 0 Å². The fraction of sp³-hybridized carbons (Fsp3) is 0.0435. The van der Waals surface area contributed by atoms with Gasteiger partial charge in [0.1, 0.15) is 11.2 Å². The van der Waals surface area contributed by atoms with Gasteiger partial charge in [-0.2, -0.15) is 0 Å². The van der Waals surface area contributed by atoms with Gasteiger partial charge in [-0.05, 0) is 33.5 Å². The summed E-state index contributed by atoms with van der Waals surface area (Å²) in [7, 11) is 0. The molecule has 1 aliphatic carbocycles. The molecule has 0 aliphatic heterocycles. The first-order valence-corrected chi connectivity index (χ1v) is 8.35. The van der Waals surface area contributed by atoms with E-state index in [2.05, 4.69) is 66.7 Å². The molecule has 0 atom stereocenters. The summed E-state index contributed by atoms with van der Waals surface area (Å²) in [6.45, 7) is 0. The standard InChI is InChI=1S/C23H14O/c1-2-8-15-14(7-1)13-19-21(15)16-9-3-4-10-17(16)22-18-11-5-6-12-20(18)24-23(19)22/h1-12H,13H2. The third kappa shape index (κ3) is 1.40. The van der Waals surface area contributed by atoms with E-state index in [4.69, 9.17) is 4.42 Å². The molecule has 0 amide bonds. The topological polar surface area (TPSA) is 13.1 Å². The average Bonchev–Trinajstić information content (AvgIpc) is 3.21. The molecule has 112 valence electrons. The summed E-state index contributed by atoms with van der Waals surface area (Å²) in [5.74, 6) is 0. The van der Waals surface area contributed by atoms with Gasteiger partial charge in [-0.25, -0.2) is 0 Å². The number of benzene rings is 4. The molecule has 5 aromatic rings. The maximum Gasteiger partial charge on any atom is 0.140 e. The number of hydrogen-bond acceptors (Lipinski definition) is 1. The summed E-state index contributed by atoms with van der Waals surface area (Å²) in [5.41, 5.74) is 7.47. The molecule has 0 spiro atoms. The predicted octanol–water partition coefficient (Wildman–Crippen LogP) is 6.31. The highest BCUT2D eigenvalue weighted by Crippen LogP contribution is 2.48. The SMILES string of the molecule is c1ccc2c(c1)Cc1c-2c2ccccc2c2c1oc1ccccc12. The number of hydrogen-bond donors (Lipinski definition) is 0. The Morgan fingerprint density at radius 3 is 2.29 bits per heavy atom. The number of rotatable bonds is 0. The van der Waals surface area contributed by atoms with Crippen molar-refractivity contribution in [1.29, 1.82) is 0 Å². The van der Waals surface area contributed by atoms with Crippen molar-refractivity contribution in [3.8, 4) is 11.1 Å². The van der Waals surface area contributed by atoms with Gasteiger partial charge in [-0.1, -0.05) is 66.7 Å². The fourth-order valence-electron chi connectivity index (χ4n) is 4.31. The lowest BCUT2D eigenvalue weighted by Crippen LogP contribution is -1.85. The highest BCUT2D eigenvalue weighted by molar-refractivity contribution is 6.24. The maximum absolute atomic E-state index is 6.33. The van der Waals surface area contributed by atoms with Crippen LogP contribution in [0.4, 0.5) is 0 Å². The van der Waals surface area contributed by atoms with Crippen LogP contribution in [0.25, 0.3) is 43.8 Å². The Labute approximate surface area is 139 Å². The van der Waals surface area contributed by atoms with Gasteiger partial charge < -0.3 is 4.42 Å². The highest BCUT2D eigenvalue weighted by Gasteiger charge is 2.26. The molecule has 0 fully saturated rings. The van der Waals surface area contributed by atoms with E-state index in [-0.39, 0.29) is 0 Å². The van der Waals surface area contributed by atoms with Crippen LogP contribution in [0, 0.1) is 0 Å². The molecule has 0 saturated heterocycles. The molecule has 24 heavy (non-hydrogen) atoms. The van der Waals surface area contributed by atoms with Gasteiger partial charge in [0.25, 0.3) is 0 Å². The Kier molecular flexibility index (Phi) is 2.20. The summed E-state index contributed by atoms with van der Waals surface area (Å²) in [6, 6.07) is 25.8. The minimum absolute atomic E-state index is 0.951. The monoisotopic (exact) mass is 306 g/mol. The van der Waals surface area contributed by atoms with Crippen LogP contribution in [0.1, 0.15) is 11.1 Å². The van der Waals surface area contributed by atoms with E-state index in [9.17, 15) is 0 Å². The van der Waals surface area contributed by atoms with E-state index >= 15 is 0 Å². The first-order chi connectivity index (χ1) is 11.9. The fourth-order valence-corrected chi connectivity index (χ4v) is 4.31. The van der Waals surface area contributed by atoms with Gasteiger partial charge in [0.2, 0.25) is 0 Å². The number of para-hydroxylation sites is 1. The smallest absolute Gasteiger partial charge is 0.140 e. The number of furan rings is 1. The molecule has 1 aliphatic rings. The molecular formula is C23H14O. The summed E-state index contributed by atoms with van der Waals surface area (Å²) < 4.78 is 6.33. The van der Waals surface area contributed by atoms with E-state index in [1.165, 1.54) is 43.8 Å². The van der Waals surface area contributed by atoms with Gasteiger partial charge in [-0.3, -0.25) is 0 Å². The van der Waals surface area contributed by atoms with Crippen LogP contribution in [0.2, 0.25) is 0 Å². The molecular weight excluding hydrogens is 292 g/mol. The van der Waals surface area contributed by atoms with Crippen LogP contribution in [0.3, 0.4) is 0 Å². The summed E-state index contributed by atoms with van der Waals surface area (Å²) in [5, 5.41) is 5.08. The molecule has 0 saturated carbocycles. The van der Waals surface area contributed by atoms with Crippen molar-refractivity contribution >= 4 is 32.7 Å². The Morgan fingerprint density at radius 1 is 0.667 bits per heavy atom. The van der Waals surface area contributed by atoms with E-state index < -0.39 is 0 Å². The molecule has 6 rings (SSSR count). The van der Waals surface area contributed by atoms with Crippen molar-refractivity contribution in [2.24, 2.45) is 0 Å². The van der Waals surface area contributed by atoms with E-state index in [0.717, 1.165) is 17.6 Å². The van der Waals surface area contributed by atoms with E-state index in [1.807, 2.05) is 6.07 Å². The normalized spacial score (nSPS) is 12.8.